The minimum Gasteiger partial charge on any atom is -0.383 e. The van der Waals surface area contributed by atoms with Crippen LogP contribution in [0.4, 0.5) is 0 Å². The fourth-order valence-electron chi connectivity index (χ4n) is 3.53. The van der Waals surface area contributed by atoms with Crippen molar-refractivity contribution in [1.82, 2.24) is 19.3 Å². The lowest BCUT2D eigenvalue weighted by Crippen LogP contribution is -2.14. The highest BCUT2D eigenvalue weighted by atomic mass is 32.2. The Morgan fingerprint density at radius 3 is 2.79 bits per heavy atom. The fourth-order valence-corrected chi connectivity index (χ4v) is 5.13. The molecule has 0 fully saturated rings. The minimum absolute atomic E-state index is 0.109. The van der Waals surface area contributed by atoms with Crippen LogP contribution in [-0.4, -0.2) is 44.6 Å². The Bertz CT molecular complexity index is 944. The number of thiophene rings is 1. The van der Waals surface area contributed by atoms with Crippen molar-refractivity contribution in [2.75, 3.05) is 19.5 Å². The van der Waals surface area contributed by atoms with E-state index in [-0.39, 0.29) is 11.8 Å². The molecular weight excluding hydrogens is 392 g/mol. The van der Waals surface area contributed by atoms with Gasteiger partial charge in [-0.15, -0.1) is 21.5 Å². The highest BCUT2D eigenvalue weighted by Crippen LogP contribution is 2.28. The average Bonchev–Trinajstić information content (AvgIpc) is 3.38. The van der Waals surface area contributed by atoms with Crippen molar-refractivity contribution in [3.8, 4) is 10.7 Å². The van der Waals surface area contributed by atoms with Gasteiger partial charge in [-0.3, -0.25) is 4.79 Å². The van der Waals surface area contributed by atoms with Crippen LogP contribution in [0.25, 0.3) is 10.7 Å². The number of Topliss-reactive ketones (excluding diaryl/α,β-unsaturated/α-hetero) is 1. The zero-order valence-electron chi connectivity index (χ0n) is 16.9. The van der Waals surface area contributed by atoms with Gasteiger partial charge in [0.05, 0.1) is 23.3 Å². The second-order valence-corrected chi connectivity index (χ2v) is 8.59. The number of aryl methyl sites for hydroxylation is 1. The van der Waals surface area contributed by atoms with Crippen LogP contribution in [0.3, 0.4) is 0 Å². The van der Waals surface area contributed by atoms with Crippen molar-refractivity contribution in [2.24, 2.45) is 0 Å². The second kappa shape index (κ2) is 9.07. The van der Waals surface area contributed by atoms with E-state index in [1.807, 2.05) is 37.4 Å². The van der Waals surface area contributed by atoms with Crippen molar-refractivity contribution in [3.05, 3.63) is 40.5 Å². The fraction of sp³-hybridized carbons (Fsp3) is 0.450. The molecule has 8 heteroatoms. The first-order chi connectivity index (χ1) is 13.5. The van der Waals surface area contributed by atoms with Gasteiger partial charge in [0.25, 0.3) is 0 Å². The van der Waals surface area contributed by atoms with E-state index in [1.165, 1.54) is 11.8 Å². The van der Waals surface area contributed by atoms with Crippen LogP contribution in [0, 0.1) is 13.8 Å². The third-order valence-electron chi connectivity index (χ3n) is 4.74. The smallest absolute Gasteiger partial charge is 0.191 e. The quantitative estimate of drug-likeness (QED) is 0.375. The number of rotatable bonds is 9. The highest BCUT2D eigenvalue weighted by molar-refractivity contribution is 7.99. The van der Waals surface area contributed by atoms with Crippen LogP contribution in [0.2, 0.25) is 0 Å². The molecule has 0 aromatic carbocycles. The van der Waals surface area contributed by atoms with Crippen LogP contribution in [0.5, 0.6) is 0 Å². The summed E-state index contributed by atoms with van der Waals surface area (Å²) in [7, 11) is 1.70. The molecule has 0 aliphatic carbocycles. The Hall–Kier alpha value is -1.90. The third kappa shape index (κ3) is 4.09. The van der Waals surface area contributed by atoms with E-state index in [1.54, 1.807) is 18.4 Å². The summed E-state index contributed by atoms with van der Waals surface area (Å²) in [6.07, 6.45) is 0. The normalized spacial score (nSPS) is 12.5. The molecule has 0 aliphatic heterocycles. The SMILES string of the molecule is CCn1c(SCC(=O)c2cc(C)n([C@H](C)COC)c2C)nnc1-c1cccs1. The topological polar surface area (TPSA) is 61.9 Å². The molecule has 0 saturated carbocycles. The molecule has 0 spiro atoms. The van der Waals surface area contributed by atoms with Crippen molar-refractivity contribution >= 4 is 28.9 Å². The van der Waals surface area contributed by atoms with E-state index in [0.29, 0.717) is 12.4 Å². The zero-order valence-corrected chi connectivity index (χ0v) is 18.6. The Morgan fingerprint density at radius 2 is 2.14 bits per heavy atom. The lowest BCUT2D eigenvalue weighted by Gasteiger charge is -2.17. The maximum Gasteiger partial charge on any atom is 0.191 e. The maximum absolute atomic E-state index is 12.9. The first-order valence-corrected chi connectivity index (χ1v) is 11.1. The molecule has 0 N–H and O–H groups in total. The lowest BCUT2D eigenvalue weighted by atomic mass is 10.2. The van der Waals surface area contributed by atoms with Gasteiger partial charge in [-0.25, -0.2) is 0 Å². The van der Waals surface area contributed by atoms with E-state index >= 15 is 0 Å². The number of nitrogens with zero attached hydrogens (tertiary/aromatic N) is 4. The van der Waals surface area contributed by atoms with Crippen molar-refractivity contribution in [1.29, 1.82) is 0 Å². The molecule has 0 bridgehead atoms. The van der Waals surface area contributed by atoms with Gasteiger partial charge in [-0.05, 0) is 45.2 Å². The van der Waals surface area contributed by atoms with Gasteiger partial charge in [0, 0.05) is 30.6 Å². The van der Waals surface area contributed by atoms with Crippen LogP contribution in [-0.2, 0) is 11.3 Å². The van der Waals surface area contributed by atoms with Crippen LogP contribution in [0.1, 0.15) is 41.6 Å². The number of carbonyl (C=O) groups is 1. The van der Waals surface area contributed by atoms with Crippen molar-refractivity contribution in [2.45, 2.75) is 45.4 Å². The van der Waals surface area contributed by atoms with E-state index in [2.05, 4.69) is 33.2 Å². The molecule has 0 unspecified atom stereocenters. The largest absolute Gasteiger partial charge is 0.383 e. The van der Waals surface area contributed by atoms with Gasteiger partial charge in [0.1, 0.15) is 0 Å². The number of methoxy groups -OCH3 is 1. The monoisotopic (exact) mass is 418 g/mol. The predicted octanol–water partition coefficient (Wildman–Crippen LogP) is 4.63. The van der Waals surface area contributed by atoms with E-state index in [4.69, 9.17) is 4.74 Å². The summed E-state index contributed by atoms with van der Waals surface area (Å²) in [6, 6.07) is 6.21. The summed E-state index contributed by atoms with van der Waals surface area (Å²) in [5.41, 5.74) is 2.84. The van der Waals surface area contributed by atoms with Crippen molar-refractivity contribution in [3.63, 3.8) is 0 Å². The molecule has 28 heavy (non-hydrogen) atoms. The Kier molecular flexibility index (Phi) is 6.74. The van der Waals surface area contributed by atoms with Crippen molar-refractivity contribution < 1.29 is 9.53 Å². The summed E-state index contributed by atoms with van der Waals surface area (Å²) in [4.78, 5) is 14.0. The molecule has 0 saturated heterocycles. The second-order valence-electron chi connectivity index (χ2n) is 6.70. The summed E-state index contributed by atoms with van der Waals surface area (Å²) >= 11 is 3.09. The predicted molar refractivity (Wildman–Crippen MR) is 115 cm³/mol. The first-order valence-electron chi connectivity index (χ1n) is 9.28. The molecule has 3 aromatic heterocycles. The van der Waals surface area contributed by atoms with Crippen LogP contribution >= 0.6 is 23.1 Å². The van der Waals surface area contributed by atoms with Gasteiger partial charge >= 0.3 is 0 Å². The molecular formula is C20H26N4O2S2. The van der Waals surface area contributed by atoms with Gasteiger partial charge < -0.3 is 13.9 Å². The molecule has 3 heterocycles. The summed E-state index contributed by atoms with van der Waals surface area (Å²) in [6.45, 7) is 9.58. The summed E-state index contributed by atoms with van der Waals surface area (Å²) < 4.78 is 9.51. The standard InChI is InChI=1S/C20H26N4O2S2/c1-6-23-19(18-8-7-9-27-18)21-22-20(23)28-12-17(25)16-10-13(2)24(15(16)4)14(3)11-26-5/h7-10,14H,6,11-12H2,1-5H3/t14-/m1/s1. The number of aromatic nitrogens is 4. The van der Waals surface area contributed by atoms with Gasteiger partial charge in [0.2, 0.25) is 0 Å². The summed E-state index contributed by atoms with van der Waals surface area (Å²) in [5.74, 6) is 1.31. The first kappa shape index (κ1) is 20.8. The number of hydrogen-bond acceptors (Lipinski definition) is 6. The van der Waals surface area contributed by atoms with Crippen LogP contribution in [0.15, 0.2) is 28.7 Å². The molecule has 150 valence electrons. The van der Waals surface area contributed by atoms with Crippen LogP contribution < -0.4 is 0 Å². The number of ether oxygens (including phenoxy) is 1. The van der Waals surface area contributed by atoms with E-state index in [0.717, 1.165) is 39.4 Å². The molecule has 1 atom stereocenters. The van der Waals surface area contributed by atoms with Gasteiger partial charge in [0.15, 0.2) is 16.8 Å². The molecule has 3 aromatic rings. The Labute approximate surface area is 173 Å². The number of hydrogen-bond donors (Lipinski definition) is 0. The zero-order chi connectivity index (χ0) is 20.3. The van der Waals surface area contributed by atoms with Gasteiger partial charge in [-0.2, -0.15) is 0 Å². The Balaban J connectivity index is 1.76. The van der Waals surface area contributed by atoms with E-state index < -0.39 is 0 Å². The maximum atomic E-state index is 12.9. The highest BCUT2D eigenvalue weighted by Gasteiger charge is 2.20. The summed E-state index contributed by atoms with van der Waals surface area (Å²) in [5, 5.41) is 11.5. The average molecular weight is 419 g/mol. The lowest BCUT2D eigenvalue weighted by molar-refractivity contribution is 0.102. The third-order valence-corrected chi connectivity index (χ3v) is 6.57. The number of carbonyl (C=O) groups excluding carboxylic acids is 1. The Morgan fingerprint density at radius 1 is 1.36 bits per heavy atom. The molecule has 0 amide bonds. The molecule has 6 nitrogen and oxygen atoms in total. The molecule has 3 rings (SSSR count). The molecule has 0 aliphatic rings. The number of ketones is 1. The van der Waals surface area contributed by atoms with Gasteiger partial charge in [-0.1, -0.05) is 17.8 Å². The molecule has 0 radical (unpaired) electrons. The van der Waals surface area contributed by atoms with E-state index in [9.17, 15) is 4.79 Å². The number of thioether (sulfide) groups is 1. The minimum atomic E-state index is 0.109.